The summed E-state index contributed by atoms with van der Waals surface area (Å²) < 4.78 is 5.36. The van der Waals surface area contributed by atoms with Crippen molar-refractivity contribution in [3.05, 3.63) is 24.2 Å². The molecule has 0 aromatic carbocycles. The minimum atomic E-state index is -0.188. The summed E-state index contributed by atoms with van der Waals surface area (Å²) in [6.45, 7) is 4.63. The summed E-state index contributed by atoms with van der Waals surface area (Å²) in [7, 11) is 0. The van der Waals surface area contributed by atoms with Gasteiger partial charge in [0, 0.05) is 31.4 Å². The number of furan rings is 1. The minimum absolute atomic E-state index is 0.176. The Balaban J connectivity index is 1.52. The molecule has 2 amide bonds. The van der Waals surface area contributed by atoms with E-state index in [0.29, 0.717) is 28.3 Å². The number of pyridine rings is 1. The van der Waals surface area contributed by atoms with Gasteiger partial charge in [0.2, 0.25) is 5.91 Å². The first-order valence-electron chi connectivity index (χ1n) is 8.26. The van der Waals surface area contributed by atoms with Crippen LogP contribution >= 0.6 is 0 Å². The molecule has 3 atom stereocenters. The van der Waals surface area contributed by atoms with Crippen molar-refractivity contribution in [3.63, 3.8) is 0 Å². The third-order valence-electron chi connectivity index (χ3n) is 4.81. The van der Waals surface area contributed by atoms with Crippen LogP contribution in [0.15, 0.2) is 22.9 Å². The molecule has 7 heteroatoms. The Bertz CT molecular complexity index is 788. The summed E-state index contributed by atoms with van der Waals surface area (Å²) in [6.07, 6.45) is 5.24. The molecule has 2 saturated heterocycles. The highest BCUT2D eigenvalue weighted by Gasteiger charge is 2.33. The van der Waals surface area contributed by atoms with E-state index in [1.165, 1.54) is 25.8 Å². The first kappa shape index (κ1) is 15.1. The second-order valence-corrected chi connectivity index (χ2v) is 6.72. The normalized spacial score (nSPS) is 25.6. The number of hydrogen-bond donors (Lipinski definition) is 2. The van der Waals surface area contributed by atoms with Crippen LogP contribution in [0.2, 0.25) is 0 Å². The van der Waals surface area contributed by atoms with Gasteiger partial charge in [-0.3, -0.25) is 9.59 Å². The monoisotopic (exact) mass is 328 g/mol. The van der Waals surface area contributed by atoms with Crippen LogP contribution in [-0.2, 0) is 4.79 Å². The maximum absolute atomic E-state index is 12.5. The molecule has 2 bridgehead atoms. The maximum atomic E-state index is 12.5. The Hall–Kier alpha value is -2.41. The molecule has 2 fully saturated rings. The Kier molecular flexibility index (Phi) is 3.72. The zero-order valence-corrected chi connectivity index (χ0v) is 13.5. The molecule has 126 valence electrons. The minimum Gasteiger partial charge on any atom is -0.460 e. The highest BCUT2D eigenvalue weighted by atomic mass is 16.3. The van der Waals surface area contributed by atoms with Gasteiger partial charge >= 0.3 is 0 Å². The van der Waals surface area contributed by atoms with Crippen LogP contribution in [0.5, 0.6) is 0 Å². The first-order valence-corrected chi connectivity index (χ1v) is 8.26. The number of nitrogens with zero attached hydrogens (tertiary/aromatic N) is 2. The summed E-state index contributed by atoms with van der Waals surface area (Å²) in [5.74, 6) is 0.325. The van der Waals surface area contributed by atoms with Gasteiger partial charge in [0.15, 0.2) is 5.58 Å². The quantitative estimate of drug-likeness (QED) is 0.894. The van der Waals surface area contributed by atoms with E-state index in [2.05, 4.69) is 20.5 Å². The summed E-state index contributed by atoms with van der Waals surface area (Å²) in [6, 6.07) is 1.84. The van der Waals surface area contributed by atoms with Crippen molar-refractivity contribution in [3.8, 4) is 0 Å². The summed E-state index contributed by atoms with van der Waals surface area (Å²) in [5, 5.41) is 6.47. The van der Waals surface area contributed by atoms with E-state index in [9.17, 15) is 9.59 Å². The van der Waals surface area contributed by atoms with E-state index in [-0.39, 0.29) is 17.9 Å². The van der Waals surface area contributed by atoms with Gasteiger partial charge in [-0.1, -0.05) is 0 Å². The molecule has 0 saturated carbocycles. The molecule has 0 aliphatic carbocycles. The van der Waals surface area contributed by atoms with Gasteiger partial charge in [-0.15, -0.1) is 0 Å². The molecule has 4 heterocycles. The van der Waals surface area contributed by atoms with Crippen molar-refractivity contribution in [2.45, 2.75) is 25.8 Å². The van der Waals surface area contributed by atoms with Crippen molar-refractivity contribution in [1.29, 1.82) is 0 Å². The van der Waals surface area contributed by atoms with Crippen molar-refractivity contribution in [2.75, 3.05) is 25.0 Å². The first-order chi connectivity index (χ1) is 11.6. The molecular weight excluding hydrogens is 308 g/mol. The van der Waals surface area contributed by atoms with Gasteiger partial charge < -0.3 is 20.0 Å². The van der Waals surface area contributed by atoms with Crippen molar-refractivity contribution in [2.24, 2.45) is 5.92 Å². The van der Waals surface area contributed by atoms with Gasteiger partial charge in [0.1, 0.15) is 12.0 Å². The SMILES string of the molecule is CC(=O)Nc1coc2cnc(C(=O)NC3CC4CCN(C4)C3)cc12. The fraction of sp³-hybridized carbons (Fsp3) is 0.471. The predicted molar refractivity (Wildman–Crippen MR) is 88.7 cm³/mol. The van der Waals surface area contributed by atoms with Crippen LogP contribution in [0.3, 0.4) is 0 Å². The van der Waals surface area contributed by atoms with Gasteiger partial charge in [-0.2, -0.15) is 0 Å². The number of fused-ring (bicyclic) bond motifs is 3. The average Bonchev–Trinajstić information content (AvgIpc) is 3.09. The third kappa shape index (κ3) is 2.87. The molecule has 3 unspecified atom stereocenters. The molecule has 0 radical (unpaired) electrons. The van der Waals surface area contributed by atoms with E-state index >= 15 is 0 Å². The molecule has 7 nitrogen and oxygen atoms in total. The van der Waals surface area contributed by atoms with E-state index in [1.54, 1.807) is 6.07 Å². The molecule has 0 spiro atoms. The molecular formula is C17H20N4O3. The molecule has 2 aromatic rings. The lowest BCUT2D eigenvalue weighted by Gasteiger charge is -2.30. The summed E-state index contributed by atoms with van der Waals surface area (Å²) >= 11 is 0. The standard InChI is InChI=1S/C17H20N4O3/c1-10(22)19-15-9-24-16-6-18-14(5-13(15)16)17(23)20-12-4-11-2-3-21(7-11)8-12/h5-6,9,11-12H,2-4,7-8H2,1H3,(H,19,22)(H,20,23). The highest BCUT2D eigenvalue weighted by molar-refractivity contribution is 6.02. The molecule has 2 aliphatic rings. The fourth-order valence-corrected chi connectivity index (χ4v) is 3.77. The zero-order valence-electron chi connectivity index (χ0n) is 13.5. The summed E-state index contributed by atoms with van der Waals surface area (Å²) in [5.41, 5.74) is 1.43. The second-order valence-electron chi connectivity index (χ2n) is 6.72. The van der Waals surface area contributed by atoms with Gasteiger partial charge in [0.25, 0.3) is 5.91 Å². The second kappa shape index (κ2) is 5.90. The van der Waals surface area contributed by atoms with Crippen molar-refractivity contribution >= 4 is 28.5 Å². The van der Waals surface area contributed by atoms with Crippen LogP contribution < -0.4 is 10.6 Å². The Labute approximate surface area is 139 Å². The number of hydrogen-bond acceptors (Lipinski definition) is 5. The van der Waals surface area contributed by atoms with Crippen LogP contribution in [0.1, 0.15) is 30.3 Å². The van der Waals surface area contributed by atoms with E-state index in [1.807, 2.05) is 0 Å². The lowest BCUT2D eigenvalue weighted by atomic mass is 9.97. The van der Waals surface area contributed by atoms with E-state index in [0.717, 1.165) is 26.1 Å². The molecule has 2 aromatic heterocycles. The van der Waals surface area contributed by atoms with Crippen molar-refractivity contribution < 1.29 is 14.0 Å². The number of piperidine rings is 1. The number of rotatable bonds is 3. The Morgan fingerprint density at radius 2 is 2.25 bits per heavy atom. The van der Waals surface area contributed by atoms with Gasteiger partial charge in [-0.05, 0) is 31.4 Å². The predicted octanol–water partition coefficient (Wildman–Crippen LogP) is 1.61. The summed E-state index contributed by atoms with van der Waals surface area (Å²) in [4.78, 5) is 30.4. The number of amides is 2. The third-order valence-corrected chi connectivity index (χ3v) is 4.81. The topological polar surface area (TPSA) is 87.5 Å². The number of aromatic nitrogens is 1. The number of carbonyl (C=O) groups is 2. The maximum Gasteiger partial charge on any atom is 0.270 e. The largest absolute Gasteiger partial charge is 0.460 e. The molecule has 2 aliphatic heterocycles. The van der Waals surface area contributed by atoms with Crippen LogP contribution in [0, 0.1) is 5.92 Å². The average molecular weight is 328 g/mol. The molecule has 2 N–H and O–H groups in total. The Morgan fingerprint density at radius 1 is 1.38 bits per heavy atom. The van der Waals surface area contributed by atoms with Crippen molar-refractivity contribution in [1.82, 2.24) is 15.2 Å². The fourth-order valence-electron chi connectivity index (χ4n) is 3.77. The van der Waals surface area contributed by atoms with Crippen LogP contribution in [0.25, 0.3) is 11.0 Å². The van der Waals surface area contributed by atoms with E-state index < -0.39 is 0 Å². The van der Waals surface area contributed by atoms with Crippen LogP contribution in [-0.4, -0.2) is 47.4 Å². The van der Waals surface area contributed by atoms with Gasteiger partial charge in [0.05, 0.1) is 11.9 Å². The van der Waals surface area contributed by atoms with Gasteiger partial charge in [-0.25, -0.2) is 4.98 Å². The number of anilines is 1. The zero-order chi connectivity index (χ0) is 16.7. The molecule has 24 heavy (non-hydrogen) atoms. The van der Waals surface area contributed by atoms with Crippen LogP contribution in [0.4, 0.5) is 5.69 Å². The molecule has 4 rings (SSSR count). The number of carbonyl (C=O) groups excluding carboxylic acids is 2. The lowest BCUT2D eigenvalue weighted by Crippen LogP contribution is -2.47. The Morgan fingerprint density at radius 3 is 3.04 bits per heavy atom. The smallest absolute Gasteiger partial charge is 0.270 e. The van der Waals surface area contributed by atoms with E-state index in [4.69, 9.17) is 4.42 Å². The lowest BCUT2D eigenvalue weighted by molar-refractivity contribution is -0.114. The highest BCUT2D eigenvalue weighted by Crippen LogP contribution is 2.28. The number of nitrogens with one attached hydrogen (secondary N) is 2.